The number of ether oxygens (including phenoxy) is 2. The average molecular weight is 425 g/mol. The molecule has 0 aliphatic carbocycles. The molecule has 0 aromatic heterocycles. The van der Waals surface area contributed by atoms with Gasteiger partial charge in [0.2, 0.25) is 0 Å². The summed E-state index contributed by atoms with van der Waals surface area (Å²) in [5.74, 6) is -0.191. The first-order valence-electron chi connectivity index (χ1n) is 11.6. The van der Waals surface area contributed by atoms with E-state index in [1.165, 1.54) is 11.1 Å². The van der Waals surface area contributed by atoms with Crippen LogP contribution in [0.1, 0.15) is 84.7 Å². The van der Waals surface area contributed by atoms with Crippen LogP contribution in [0, 0.1) is 5.92 Å². The van der Waals surface area contributed by atoms with Crippen molar-refractivity contribution in [1.29, 1.82) is 0 Å². The molecule has 4 nitrogen and oxygen atoms in total. The zero-order valence-electron chi connectivity index (χ0n) is 19.2. The van der Waals surface area contributed by atoms with Gasteiger partial charge in [-0.1, -0.05) is 51.5 Å². The lowest BCUT2D eigenvalue weighted by Crippen LogP contribution is -2.15. The Balaban J connectivity index is 1.68. The first kappa shape index (κ1) is 24.6. The van der Waals surface area contributed by atoms with Crippen LogP contribution in [-0.4, -0.2) is 25.2 Å². The number of carbonyl (C=O) groups is 2. The molecule has 0 saturated carbocycles. The Kier molecular flexibility index (Phi) is 10.8. The summed E-state index contributed by atoms with van der Waals surface area (Å²) >= 11 is 0. The molecule has 0 fully saturated rings. The maximum atomic E-state index is 12.3. The Labute approximate surface area is 187 Å². The van der Waals surface area contributed by atoms with Crippen molar-refractivity contribution in [3.63, 3.8) is 0 Å². The lowest BCUT2D eigenvalue weighted by atomic mass is 9.98. The van der Waals surface area contributed by atoms with Gasteiger partial charge in [-0.3, -0.25) is 0 Å². The molecule has 0 amide bonds. The summed E-state index contributed by atoms with van der Waals surface area (Å²) in [4.78, 5) is 24.4. The molecule has 4 heteroatoms. The first-order valence-corrected chi connectivity index (χ1v) is 11.6. The number of aryl methyl sites for hydroxylation is 2. The van der Waals surface area contributed by atoms with E-state index < -0.39 is 0 Å². The fraction of sp³-hybridized carbons (Fsp3) is 0.481. The summed E-state index contributed by atoms with van der Waals surface area (Å²) in [6.07, 6.45) is 6.68. The Hall–Kier alpha value is -2.62. The van der Waals surface area contributed by atoms with Gasteiger partial charge >= 0.3 is 11.9 Å². The monoisotopic (exact) mass is 424 g/mol. The summed E-state index contributed by atoms with van der Waals surface area (Å²) < 4.78 is 11.0. The molecule has 1 unspecified atom stereocenters. The lowest BCUT2D eigenvalue weighted by Gasteiger charge is -2.16. The number of benzene rings is 2. The lowest BCUT2D eigenvalue weighted by molar-refractivity contribution is 0.0410. The van der Waals surface area contributed by atoms with Gasteiger partial charge in [-0.15, -0.1) is 0 Å². The summed E-state index contributed by atoms with van der Waals surface area (Å²) in [5, 5.41) is 0. The van der Waals surface area contributed by atoms with Crippen molar-refractivity contribution in [1.82, 2.24) is 0 Å². The van der Waals surface area contributed by atoms with E-state index in [1.54, 1.807) is 0 Å². The van der Waals surface area contributed by atoms with Gasteiger partial charge in [-0.05, 0) is 79.8 Å². The minimum Gasteiger partial charge on any atom is -0.462 e. The van der Waals surface area contributed by atoms with Gasteiger partial charge < -0.3 is 9.47 Å². The van der Waals surface area contributed by atoms with E-state index in [1.807, 2.05) is 48.5 Å². The van der Waals surface area contributed by atoms with Gasteiger partial charge in [0.05, 0.1) is 24.3 Å². The molecule has 0 heterocycles. The predicted molar refractivity (Wildman–Crippen MR) is 124 cm³/mol. The van der Waals surface area contributed by atoms with E-state index in [4.69, 9.17) is 9.47 Å². The van der Waals surface area contributed by atoms with Crippen molar-refractivity contribution >= 4 is 11.9 Å². The molecule has 2 aromatic carbocycles. The molecule has 0 aliphatic rings. The van der Waals surface area contributed by atoms with Crippen molar-refractivity contribution in [3.8, 4) is 0 Å². The first-order chi connectivity index (χ1) is 15.1. The third-order valence-electron chi connectivity index (χ3n) is 5.58. The smallest absolute Gasteiger partial charge is 0.338 e. The van der Waals surface area contributed by atoms with Gasteiger partial charge in [0.15, 0.2) is 0 Å². The molecule has 0 bridgehead atoms. The molecule has 0 aliphatic heterocycles. The van der Waals surface area contributed by atoms with Crippen LogP contribution in [0.5, 0.6) is 0 Å². The number of esters is 2. The Morgan fingerprint density at radius 2 is 1.23 bits per heavy atom. The third-order valence-corrected chi connectivity index (χ3v) is 5.58. The number of unbranched alkanes of at least 4 members (excludes halogenated alkanes) is 1. The third kappa shape index (κ3) is 8.56. The Morgan fingerprint density at radius 1 is 0.710 bits per heavy atom. The largest absolute Gasteiger partial charge is 0.462 e. The molecular formula is C27H36O4. The second-order valence-corrected chi connectivity index (χ2v) is 7.99. The maximum Gasteiger partial charge on any atom is 0.338 e. The average Bonchev–Trinajstić information content (AvgIpc) is 2.82. The zero-order valence-corrected chi connectivity index (χ0v) is 19.2. The van der Waals surface area contributed by atoms with Crippen molar-refractivity contribution in [3.05, 3.63) is 70.8 Å². The number of hydrogen-bond donors (Lipinski definition) is 0. The molecule has 0 N–H and O–H groups in total. The normalized spacial score (nSPS) is 11.7. The molecule has 31 heavy (non-hydrogen) atoms. The molecule has 0 radical (unpaired) electrons. The minimum absolute atomic E-state index is 0.258. The Morgan fingerprint density at radius 3 is 1.71 bits per heavy atom. The quantitative estimate of drug-likeness (QED) is 0.275. The Bertz CT molecular complexity index is 793. The van der Waals surface area contributed by atoms with Gasteiger partial charge in [-0.25, -0.2) is 9.59 Å². The van der Waals surface area contributed by atoms with Crippen LogP contribution in [-0.2, 0) is 22.3 Å². The zero-order chi connectivity index (χ0) is 22.5. The van der Waals surface area contributed by atoms with E-state index in [2.05, 4.69) is 20.8 Å². The summed E-state index contributed by atoms with van der Waals surface area (Å²) in [7, 11) is 0. The second-order valence-electron chi connectivity index (χ2n) is 7.99. The van der Waals surface area contributed by atoms with Crippen molar-refractivity contribution in [2.45, 2.75) is 65.7 Å². The van der Waals surface area contributed by atoms with Gasteiger partial charge in [0.1, 0.15) is 0 Å². The summed E-state index contributed by atoms with van der Waals surface area (Å²) in [6, 6.07) is 15.2. The van der Waals surface area contributed by atoms with E-state index in [9.17, 15) is 9.59 Å². The van der Waals surface area contributed by atoms with E-state index in [0.29, 0.717) is 30.3 Å². The number of hydrogen-bond acceptors (Lipinski definition) is 4. The topological polar surface area (TPSA) is 52.6 Å². The molecule has 168 valence electrons. The molecular weight excluding hydrogens is 388 g/mol. The highest BCUT2D eigenvalue weighted by molar-refractivity contribution is 5.89. The van der Waals surface area contributed by atoms with Crippen LogP contribution in [0.25, 0.3) is 0 Å². The van der Waals surface area contributed by atoms with Crippen LogP contribution in [0.2, 0.25) is 0 Å². The summed E-state index contributed by atoms with van der Waals surface area (Å²) in [6.45, 7) is 7.17. The summed E-state index contributed by atoms with van der Waals surface area (Å²) in [5.41, 5.74) is 3.61. The van der Waals surface area contributed by atoms with Crippen molar-refractivity contribution in [2.24, 2.45) is 5.92 Å². The standard InChI is InChI=1S/C27H36O4/c1-4-9-23(20-31-27(29)25-17-13-22(6-3)14-18-25)10-7-8-19-30-26(28)24-15-11-21(5-2)12-16-24/h11-18,23H,4-10,19-20H2,1-3H3. The van der Waals surface area contributed by atoms with E-state index >= 15 is 0 Å². The van der Waals surface area contributed by atoms with Gasteiger partial charge in [-0.2, -0.15) is 0 Å². The van der Waals surface area contributed by atoms with E-state index in [0.717, 1.165) is 44.9 Å². The maximum absolute atomic E-state index is 12.3. The molecule has 0 spiro atoms. The van der Waals surface area contributed by atoms with Gasteiger partial charge in [0.25, 0.3) is 0 Å². The SMILES string of the molecule is CCCC(CCCCOC(=O)c1ccc(CC)cc1)COC(=O)c1ccc(CC)cc1. The molecule has 1 atom stereocenters. The fourth-order valence-corrected chi connectivity index (χ4v) is 3.53. The minimum atomic E-state index is -0.268. The molecule has 2 rings (SSSR count). The molecule has 2 aromatic rings. The van der Waals surface area contributed by atoms with Crippen LogP contribution in [0.15, 0.2) is 48.5 Å². The van der Waals surface area contributed by atoms with Crippen LogP contribution < -0.4 is 0 Å². The number of rotatable bonds is 13. The van der Waals surface area contributed by atoms with E-state index in [-0.39, 0.29) is 11.9 Å². The highest BCUT2D eigenvalue weighted by atomic mass is 16.5. The van der Waals surface area contributed by atoms with Crippen LogP contribution >= 0.6 is 0 Å². The highest BCUT2D eigenvalue weighted by Gasteiger charge is 2.13. The highest BCUT2D eigenvalue weighted by Crippen LogP contribution is 2.17. The predicted octanol–water partition coefficient (Wildman–Crippen LogP) is 6.41. The fourth-order valence-electron chi connectivity index (χ4n) is 3.53. The molecule has 0 saturated heterocycles. The van der Waals surface area contributed by atoms with Crippen LogP contribution in [0.3, 0.4) is 0 Å². The van der Waals surface area contributed by atoms with Crippen molar-refractivity contribution in [2.75, 3.05) is 13.2 Å². The second kappa shape index (κ2) is 13.6. The number of carbonyl (C=O) groups excluding carboxylic acids is 2. The van der Waals surface area contributed by atoms with Crippen LogP contribution in [0.4, 0.5) is 0 Å². The van der Waals surface area contributed by atoms with Gasteiger partial charge in [0, 0.05) is 0 Å². The van der Waals surface area contributed by atoms with Crippen molar-refractivity contribution < 1.29 is 19.1 Å².